The van der Waals surface area contributed by atoms with Crippen LogP contribution in [-0.4, -0.2) is 23.2 Å². The molecule has 0 spiro atoms. The number of aromatic nitrogens is 2. The molecule has 0 amide bonds. The maximum absolute atomic E-state index is 5.72. The Labute approximate surface area is 121 Å². The molecule has 2 unspecified atom stereocenters. The van der Waals surface area contributed by atoms with Gasteiger partial charge in [0.15, 0.2) is 5.82 Å². The molecule has 0 aromatic carbocycles. The Bertz CT molecular complexity index is 431. The summed E-state index contributed by atoms with van der Waals surface area (Å²) in [5.41, 5.74) is 0.134. The molecule has 1 N–H and O–H groups in total. The van der Waals surface area contributed by atoms with Crippen molar-refractivity contribution in [3.8, 4) is 0 Å². The number of nitrogens with one attached hydrogen (secondary N) is 1. The SMILES string of the molecule is CCCC1(c2nc(C3CCC(C)C3)no2)CCNCC1. The van der Waals surface area contributed by atoms with E-state index < -0.39 is 0 Å². The first-order valence-corrected chi connectivity index (χ1v) is 8.28. The van der Waals surface area contributed by atoms with Crippen LogP contribution in [0.25, 0.3) is 0 Å². The predicted octanol–water partition coefficient (Wildman–Crippen LogP) is 3.39. The van der Waals surface area contributed by atoms with Crippen molar-refractivity contribution < 1.29 is 4.52 Å². The minimum Gasteiger partial charge on any atom is -0.339 e. The molecule has 1 aliphatic heterocycles. The normalized spacial score (nSPS) is 29.7. The van der Waals surface area contributed by atoms with Crippen molar-refractivity contribution in [1.82, 2.24) is 15.5 Å². The summed E-state index contributed by atoms with van der Waals surface area (Å²) in [6.45, 7) is 6.71. The van der Waals surface area contributed by atoms with Crippen LogP contribution < -0.4 is 5.32 Å². The van der Waals surface area contributed by atoms with Gasteiger partial charge in [0, 0.05) is 5.92 Å². The van der Waals surface area contributed by atoms with Gasteiger partial charge in [-0.2, -0.15) is 4.98 Å². The summed E-state index contributed by atoms with van der Waals surface area (Å²) in [5, 5.41) is 7.77. The lowest BCUT2D eigenvalue weighted by atomic mass is 9.75. The van der Waals surface area contributed by atoms with E-state index in [1.165, 1.54) is 25.7 Å². The Morgan fingerprint density at radius 2 is 2.10 bits per heavy atom. The Kier molecular flexibility index (Phi) is 4.11. The minimum absolute atomic E-state index is 0.134. The van der Waals surface area contributed by atoms with Gasteiger partial charge in [0.05, 0.1) is 5.41 Å². The van der Waals surface area contributed by atoms with Crippen molar-refractivity contribution in [3.63, 3.8) is 0 Å². The van der Waals surface area contributed by atoms with Crippen LogP contribution in [0.1, 0.15) is 76.4 Å². The smallest absolute Gasteiger partial charge is 0.232 e. The fourth-order valence-electron chi connectivity index (χ4n) is 4.01. The van der Waals surface area contributed by atoms with E-state index >= 15 is 0 Å². The van der Waals surface area contributed by atoms with Crippen molar-refractivity contribution in [2.24, 2.45) is 5.92 Å². The van der Waals surface area contributed by atoms with Crippen molar-refractivity contribution in [2.75, 3.05) is 13.1 Å². The standard InChI is InChI=1S/C16H27N3O/c1-3-6-16(7-9-17-10-8-16)15-18-14(19-20-15)13-5-4-12(2)11-13/h12-13,17H,3-11H2,1-2H3. The van der Waals surface area contributed by atoms with Crippen molar-refractivity contribution >= 4 is 0 Å². The molecule has 112 valence electrons. The first-order chi connectivity index (χ1) is 9.73. The van der Waals surface area contributed by atoms with Gasteiger partial charge >= 0.3 is 0 Å². The highest BCUT2D eigenvalue weighted by Crippen LogP contribution is 2.40. The summed E-state index contributed by atoms with van der Waals surface area (Å²) in [6.07, 6.45) is 8.35. The van der Waals surface area contributed by atoms with Gasteiger partial charge in [-0.3, -0.25) is 0 Å². The molecule has 4 nitrogen and oxygen atoms in total. The van der Waals surface area contributed by atoms with Crippen LogP contribution in [-0.2, 0) is 5.41 Å². The van der Waals surface area contributed by atoms with E-state index in [-0.39, 0.29) is 5.41 Å². The Balaban J connectivity index is 1.79. The lowest BCUT2D eigenvalue weighted by Crippen LogP contribution is -2.40. The van der Waals surface area contributed by atoms with Gasteiger partial charge < -0.3 is 9.84 Å². The molecule has 2 atom stereocenters. The first-order valence-electron chi connectivity index (χ1n) is 8.28. The third-order valence-corrected chi connectivity index (χ3v) is 5.24. The summed E-state index contributed by atoms with van der Waals surface area (Å²) in [7, 11) is 0. The van der Waals surface area contributed by atoms with Crippen LogP contribution in [0.15, 0.2) is 4.52 Å². The largest absolute Gasteiger partial charge is 0.339 e. The maximum Gasteiger partial charge on any atom is 0.232 e. The Hall–Kier alpha value is -0.900. The molecule has 2 aliphatic rings. The Morgan fingerprint density at radius 1 is 1.30 bits per heavy atom. The van der Waals surface area contributed by atoms with Gasteiger partial charge in [-0.1, -0.05) is 25.4 Å². The highest BCUT2D eigenvalue weighted by molar-refractivity contribution is 5.10. The molecule has 0 bridgehead atoms. The molecule has 3 rings (SSSR count). The van der Waals surface area contributed by atoms with E-state index in [0.717, 1.165) is 50.0 Å². The van der Waals surface area contributed by atoms with Crippen molar-refractivity contribution in [1.29, 1.82) is 0 Å². The third-order valence-electron chi connectivity index (χ3n) is 5.24. The van der Waals surface area contributed by atoms with E-state index in [1.54, 1.807) is 0 Å². The second-order valence-electron chi connectivity index (χ2n) is 6.85. The highest BCUT2D eigenvalue weighted by atomic mass is 16.5. The van der Waals surface area contributed by atoms with Crippen LogP contribution in [0.4, 0.5) is 0 Å². The van der Waals surface area contributed by atoms with E-state index in [9.17, 15) is 0 Å². The number of rotatable bonds is 4. The molecule has 1 aromatic rings. The molecule has 1 aliphatic carbocycles. The molecular weight excluding hydrogens is 250 g/mol. The van der Waals surface area contributed by atoms with Crippen LogP contribution in [0.3, 0.4) is 0 Å². The summed E-state index contributed by atoms with van der Waals surface area (Å²) in [6, 6.07) is 0. The van der Waals surface area contributed by atoms with Gasteiger partial charge in [0.25, 0.3) is 0 Å². The molecule has 2 fully saturated rings. The molecular formula is C16H27N3O. The lowest BCUT2D eigenvalue weighted by Gasteiger charge is -2.34. The lowest BCUT2D eigenvalue weighted by molar-refractivity contribution is 0.208. The summed E-state index contributed by atoms with van der Waals surface area (Å²) in [5.74, 6) is 3.22. The zero-order chi connectivity index (χ0) is 14.0. The quantitative estimate of drug-likeness (QED) is 0.916. The average Bonchev–Trinajstić information content (AvgIpc) is 3.09. The first kappa shape index (κ1) is 14.1. The van der Waals surface area contributed by atoms with Crippen LogP contribution in [0.2, 0.25) is 0 Å². The average molecular weight is 277 g/mol. The molecule has 20 heavy (non-hydrogen) atoms. The molecule has 1 saturated carbocycles. The van der Waals surface area contributed by atoms with Crippen molar-refractivity contribution in [2.45, 2.75) is 70.1 Å². The number of nitrogens with zero attached hydrogens (tertiary/aromatic N) is 2. The fraction of sp³-hybridized carbons (Fsp3) is 0.875. The Morgan fingerprint density at radius 3 is 2.75 bits per heavy atom. The third kappa shape index (κ3) is 2.62. The van der Waals surface area contributed by atoms with E-state index in [1.807, 2.05) is 0 Å². The van der Waals surface area contributed by atoms with Gasteiger partial charge in [-0.05, 0) is 57.5 Å². The maximum atomic E-state index is 5.72. The van der Waals surface area contributed by atoms with Crippen LogP contribution >= 0.6 is 0 Å². The monoisotopic (exact) mass is 277 g/mol. The summed E-state index contributed by atoms with van der Waals surface area (Å²) >= 11 is 0. The van der Waals surface area contributed by atoms with Crippen molar-refractivity contribution in [3.05, 3.63) is 11.7 Å². The van der Waals surface area contributed by atoms with E-state index in [2.05, 4.69) is 24.3 Å². The number of hydrogen-bond donors (Lipinski definition) is 1. The van der Waals surface area contributed by atoms with Gasteiger partial charge in [0.1, 0.15) is 0 Å². The zero-order valence-corrected chi connectivity index (χ0v) is 12.8. The molecule has 2 heterocycles. The topological polar surface area (TPSA) is 51.0 Å². The zero-order valence-electron chi connectivity index (χ0n) is 12.8. The predicted molar refractivity (Wildman–Crippen MR) is 78.7 cm³/mol. The van der Waals surface area contributed by atoms with Gasteiger partial charge in [0.2, 0.25) is 5.89 Å². The minimum atomic E-state index is 0.134. The van der Waals surface area contributed by atoms with E-state index in [4.69, 9.17) is 9.51 Å². The second kappa shape index (κ2) is 5.84. The molecule has 4 heteroatoms. The highest BCUT2D eigenvalue weighted by Gasteiger charge is 2.39. The second-order valence-corrected chi connectivity index (χ2v) is 6.85. The molecule has 1 saturated heterocycles. The van der Waals surface area contributed by atoms with Gasteiger partial charge in [-0.15, -0.1) is 0 Å². The fourth-order valence-corrected chi connectivity index (χ4v) is 4.01. The molecule has 1 aromatic heterocycles. The van der Waals surface area contributed by atoms with Gasteiger partial charge in [-0.25, -0.2) is 0 Å². The summed E-state index contributed by atoms with van der Waals surface area (Å²) in [4.78, 5) is 4.84. The molecule has 0 radical (unpaired) electrons. The summed E-state index contributed by atoms with van der Waals surface area (Å²) < 4.78 is 5.72. The van der Waals surface area contributed by atoms with Crippen LogP contribution in [0.5, 0.6) is 0 Å². The number of piperidine rings is 1. The van der Waals surface area contributed by atoms with Crippen LogP contribution in [0, 0.1) is 5.92 Å². The van der Waals surface area contributed by atoms with E-state index in [0.29, 0.717) is 5.92 Å². The number of hydrogen-bond acceptors (Lipinski definition) is 4.